The monoisotopic (exact) mass is 343 g/mol. The van der Waals surface area contributed by atoms with Crippen LogP contribution >= 0.6 is 0 Å². The van der Waals surface area contributed by atoms with E-state index in [-0.39, 0.29) is 6.54 Å². The number of carbonyl (C=O) groups is 4. The number of rotatable bonds is 6. The number of benzene rings is 1. The highest BCUT2D eigenvalue weighted by Gasteiger charge is 2.49. The molecule has 1 fully saturated rings. The number of ether oxygens (including phenoxy) is 1. The van der Waals surface area contributed by atoms with Crippen molar-refractivity contribution in [2.45, 2.75) is 12.5 Å². The van der Waals surface area contributed by atoms with Crippen molar-refractivity contribution in [1.29, 1.82) is 0 Å². The van der Waals surface area contributed by atoms with Gasteiger partial charge in [-0.15, -0.1) is 6.42 Å². The fourth-order valence-corrected chi connectivity index (χ4v) is 2.33. The highest BCUT2D eigenvalue weighted by molar-refractivity contribution is 6.08. The summed E-state index contributed by atoms with van der Waals surface area (Å²) in [6, 6.07) is 7.97. The molecule has 0 aromatic heterocycles. The van der Waals surface area contributed by atoms with Gasteiger partial charge in [0.1, 0.15) is 12.1 Å². The largest absolute Gasteiger partial charge is 0.454 e. The fraction of sp³-hybridized carbons (Fsp3) is 0.294. The van der Waals surface area contributed by atoms with E-state index in [1.807, 2.05) is 0 Å². The number of urea groups is 1. The van der Waals surface area contributed by atoms with Gasteiger partial charge in [-0.25, -0.2) is 4.79 Å². The topological polar surface area (TPSA) is 105 Å². The summed E-state index contributed by atoms with van der Waals surface area (Å²) < 4.78 is 4.74. The number of hydrogen-bond acceptors (Lipinski definition) is 5. The molecule has 0 saturated carbocycles. The van der Waals surface area contributed by atoms with Crippen molar-refractivity contribution >= 4 is 23.8 Å². The van der Waals surface area contributed by atoms with Crippen LogP contribution in [0.25, 0.3) is 0 Å². The maximum Gasteiger partial charge on any atom is 0.326 e. The van der Waals surface area contributed by atoms with Crippen molar-refractivity contribution < 1.29 is 23.9 Å². The number of nitrogens with one attached hydrogen (secondary N) is 2. The zero-order chi connectivity index (χ0) is 18.4. The van der Waals surface area contributed by atoms with Crippen molar-refractivity contribution in [3.8, 4) is 12.3 Å². The maximum absolute atomic E-state index is 12.6. The van der Waals surface area contributed by atoms with Crippen molar-refractivity contribution in [2.75, 3.05) is 19.7 Å². The van der Waals surface area contributed by atoms with E-state index in [0.29, 0.717) is 5.56 Å². The van der Waals surface area contributed by atoms with Crippen LogP contribution in [0.4, 0.5) is 4.79 Å². The number of imide groups is 1. The van der Waals surface area contributed by atoms with Gasteiger partial charge in [-0.3, -0.25) is 19.3 Å². The number of carbonyl (C=O) groups excluding carboxylic acids is 4. The molecule has 8 heteroatoms. The van der Waals surface area contributed by atoms with Gasteiger partial charge in [0.2, 0.25) is 0 Å². The Morgan fingerprint density at radius 3 is 2.64 bits per heavy atom. The molecule has 0 unspecified atom stereocenters. The number of nitrogens with zero attached hydrogens (tertiary/aromatic N) is 1. The second kappa shape index (κ2) is 7.49. The third kappa shape index (κ3) is 3.95. The lowest BCUT2D eigenvalue weighted by Gasteiger charge is -2.21. The smallest absolute Gasteiger partial charge is 0.326 e. The first-order chi connectivity index (χ1) is 11.9. The van der Waals surface area contributed by atoms with Crippen LogP contribution in [0.15, 0.2) is 30.3 Å². The van der Waals surface area contributed by atoms with Crippen LogP contribution in [0, 0.1) is 12.3 Å². The minimum Gasteiger partial charge on any atom is -0.454 e. The molecule has 0 bridgehead atoms. The first-order valence-corrected chi connectivity index (χ1v) is 7.44. The molecular formula is C17H17N3O5. The van der Waals surface area contributed by atoms with Crippen LogP contribution in [0.1, 0.15) is 12.5 Å². The zero-order valence-corrected chi connectivity index (χ0v) is 13.6. The summed E-state index contributed by atoms with van der Waals surface area (Å²) in [6.07, 6.45) is 4.98. The molecule has 1 aromatic carbocycles. The van der Waals surface area contributed by atoms with Gasteiger partial charge in [-0.2, -0.15) is 0 Å². The Kier molecular flexibility index (Phi) is 5.39. The van der Waals surface area contributed by atoms with Gasteiger partial charge >= 0.3 is 12.0 Å². The zero-order valence-electron chi connectivity index (χ0n) is 13.6. The summed E-state index contributed by atoms with van der Waals surface area (Å²) in [7, 11) is 0. The molecule has 2 rings (SSSR count). The first-order valence-electron chi connectivity index (χ1n) is 7.44. The van der Waals surface area contributed by atoms with E-state index in [1.54, 1.807) is 37.3 Å². The molecule has 1 atom stereocenters. The van der Waals surface area contributed by atoms with Crippen LogP contribution in [0.3, 0.4) is 0 Å². The van der Waals surface area contributed by atoms with Gasteiger partial charge in [0.05, 0.1) is 6.54 Å². The van der Waals surface area contributed by atoms with Crippen LogP contribution in [0.5, 0.6) is 0 Å². The summed E-state index contributed by atoms with van der Waals surface area (Å²) in [5.41, 5.74) is -0.666. The minimum absolute atomic E-state index is 0.0127. The minimum atomic E-state index is -1.26. The molecule has 1 heterocycles. The predicted octanol–water partition coefficient (Wildman–Crippen LogP) is -0.254. The molecule has 4 amide bonds. The lowest BCUT2D eigenvalue weighted by atomic mass is 9.92. The van der Waals surface area contributed by atoms with E-state index >= 15 is 0 Å². The predicted molar refractivity (Wildman–Crippen MR) is 86.8 cm³/mol. The van der Waals surface area contributed by atoms with E-state index in [4.69, 9.17) is 11.2 Å². The molecule has 1 aliphatic rings. The van der Waals surface area contributed by atoms with Gasteiger partial charge in [0.25, 0.3) is 11.8 Å². The van der Waals surface area contributed by atoms with Crippen LogP contribution < -0.4 is 10.6 Å². The number of terminal acetylenes is 1. The molecule has 1 saturated heterocycles. The standard InChI is InChI=1S/C17H17N3O5/c1-3-9-18-13(21)11-25-14(22)10-20-15(23)17(2,19-16(20)24)12-7-5-4-6-8-12/h1,4-8H,9-11H2,2H3,(H,18,21)(H,19,24)/t17-/m1/s1. The second-order valence-corrected chi connectivity index (χ2v) is 5.45. The van der Waals surface area contributed by atoms with Crippen LogP contribution in [0.2, 0.25) is 0 Å². The van der Waals surface area contributed by atoms with Gasteiger partial charge in [-0.05, 0) is 12.5 Å². The van der Waals surface area contributed by atoms with E-state index in [0.717, 1.165) is 4.90 Å². The number of hydrogen-bond donors (Lipinski definition) is 2. The van der Waals surface area contributed by atoms with E-state index in [1.165, 1.54) is 0 Å². The number of esters is 1. The average Bonchev–Trinajstić information content (AvgIpc) is 2.83. The molecule has 0 spiro atoms. The summed E-state index contributed by atoms with van der Waals surface area (Å²) in [5.74, 6) is 0.181. The molecule has 0 radical (unpaired) electrons. The molecule has 1 aromatic rings. The average molecular weight is 343 g/mol. The van der Waals surface area contributed by atoms with Crippen LogP contribution in [-0.2, 0) is 24.7 Å². The van der Waals surface area contributed by atoms with Gasteiger partial charge in [0, 0.05) is 0 Å². The molecule has 130 valence electrons. The van der Waals surface area contributed by atoms with E-state index < -0.39 is 42.5 Å². The quantitative estimate of drug-likeness (QED) is 0.421. The van der Waals surface area contributed by atoms with E-state index in [2.05, 4.69) is 16.6 Å². The Hall–Kier alpha value is -3.34. The van der Waals surface area contributed by atoms with Crippen molar-refractivity contribution in [1.82, 2.24) is 15.5 Å². The molecule has 25 heavy (non-hydrogen) atoms. The molecular weight excluding hydrogens is 326 g/mol. The Balaban J connectivity index is 1.98. The van der Waals surface area contributed by atoms with Crippen molar-refractivity contribution in [2.24, 2.45) is 0 Å². The molecule has 1 aliphatic heterocycles. The van der Waals surface area contributed by atoms with Gasteiger partial charge < -0.3 is 15.4 Å². The fourth-order valence-electron chi connectivity index (χ4n) is 2.33. The third-order valence-corrected chi connectivity index (χ3v) is 3.67. The molecule has 0 aliphatic carbocycles. The Morgan fingerprint density at radius 2 is 2.00 bits per heavy atom. The van der Waals surface area contributed by atoms with Gasteiger partial charge in [-0.1, -0.05) is 36.3 Å². The first kappa shape index (κ1) is 18.0. The van der Waals surface area contributed by atoms with Crippen LogP contribution in [-0.4, -0.2) is 48.4 Å². The second-order valence-electron chi connectivity index (χ2n) is 5.45. The summed E-state index contributed by atoms with van der Waals surface area (Å²) in [6.45, 7) is 0.440. The summed E-state index contributed by atoms with van der Waals surface area (Å²) in [5, 5.41) is 4.89. The Bertz CT molecular complexity index is 740. The normalized spacial score (nSPS) is 19.1. The lowest BCUT2D eigenvalue weighted by molar-refractivity contribution is -0.151. The summed E-state index contributed by atoms with van der Waals surface area (Å²) >= 11 is 0. The highest BCUT2D eigenvalue weighted by atomic mass is 16.5. The molecule has 8 nitrogen and oxygen atoms in total. The maximum atomic E-state index is 12.6. The van der Waals surface area contributed by atoms with Crippen molar-refractivity contribution in [3.63, 3.8) is 0 Å². The molecule has 2 N–H and O–H groups in total. The van der Waals surface area contributed by atoms with Gasteiger partial charge in [0.15, 0.2) is 6.61 Å². The van der Waals surface area contributed by atoms with E-state index in [9.17, 15) is 19.2 Å². The Labute approximate surface area is 144 Å². The SMILES string of the molecule is C#CCNC(=O)COC(=O)CN1C(=O)N[C@](C)(c2ccccc2)C1=O. The highest BCUT2D eigenvalue weighted by Crippen LogP contribution is 2.28. The Morgan fingerprint density at radius 1 is 1.32 bits per heavy atom. The number of amides is 4. The third-order valence-electron chi connectivity index (χ3n) is 3.67. The van der Waals surface area contributed by atoms with Crippen molar-refractivity contribution in [3.05, 3.63) is 35.9 Å². The summed E-state index contributed by atoms with van der Waals surface area (Å²) in [4.78, 5) is 48.5. The lowest BCUT2D eigenvalue weighted by Crippen LogP contribution is -2.42.